The van der Waals surface area contributed by atoms with Gasteiger partial charge in [-0.2, -0.15) is 0 Å². The molecule has 0 atom stereocenters. The molecule has 1 saturated carbocycles. The number of halogens is 3. The van der Waals surface area contributed by atoms with E-state index in [9.17, 15) is 4.39 Å². The second-order valence-corrected chi connectivity index (χ2v) is 6.45. The number of rotatable bonds is 6. The third-order valence-corrected chi connectivity index (χ3v) is 4.56. The van der Waals surface area contributed by atoms with E-state index in [0.717, 1.165) is 31.4 Å². The van der Waals surface area contributed by atoms with Gasteiger partial charge in [-0.15, -0.1) is 12.4 Å². The molecule has 0 bridgehead atoms. The highest BCUT2D eigenvalue weighted by Gasteiger charge is 2.39. The van der Waals surface area contributed by atoms with Gasteiger partial charge in [0, 0.05) is 5.02 Å². The van der Waals surface area contributed by atoms with Crippen LogP contribution in [0.25, 0.3) is 0 Å². The van der Waals surface area contributed by atoms with Crippen molar-refractivity contribution in [1.29, 1.82) is 0 Å². The third kappa shape index (κ3) is 4.09. The maximum absolute atomic E-state index is 14.1. The van der Waals surface area contributed by atoms with E-state index in [0.29, 0.717) is 5.02 Å². The fourth-order valence-electron chi connectivity index (χ4n) is 3.07. The van der Waals surface area contributed by atoms with E-state index in [-0.39, 0.29) is 23.6 Å². The summed E-state index contributed by atoms with van der Waals surface area (Å²) in [6.45, 7) is 1.11. The minimum atomic E-state index is -0.125. The van der Waals surface area contributed by atoms with Crippen molar-refractivity contribution in [3.05, 3.63) is 34.6 Å². The maximum Gasteiger partial charge on any atom is 0.128 e. The summed E-state index contributed by atoms with van der Waals surface area (Å²) in [4.78, 5) is 2.20. The zero-order valence-electron chi connectivity index (χ0n) is 12.3. The monoisotopic (exact) mass is 319 g/mol. The van der Waals surface area contributed by atoms with Gasteiger partial charge in [0.2, 0.25) is 0 Å². The van der Waals surface area contributed by atoms with Crippen LogP contribution in [-0.2, 0) is 5.41 Å². The Hall–Kier alpha value is -0.310. The fraction of sp³-hybridized carbons (Fsp3) is 0.625. The largest absolute Gasteiger partial charge is 0.309 e. The van der Waals surface area contributed by atoms with Gasteiger partial charge in [-0.3, -0.25) is 0 Å². The lowest BCUT2D eigenvalue weighted by Crippen LogP contribution is -2.35. The molecule has 0 radical (unpaired) electrons. The standard InChI is InChI=1S/C16H23ClFN.ClH/c1-19(2)11-4-3-8-16(9-5-10-16)14-7-6-13(17)12-15(14)18;/h6-7,12H,3-5,8-11H2,1-2H3;1H. The second-order valence-electron chi connectivity index (χ2n) is 6.02. The number of hydrogen-bond acceptors (Lipinski definition) is 1. The molecule has 2 rings (SSSR count). The number of unbranched alkanes of at least 4 members (excludes halogenated alkanes) is 1. The van der Waals surface area contributed by atoms with Crippen molar-refractivity contribution < 1.29 is 4.39 Å². The second kappa shape index (κ2) is 7.63. The topological polar surface area (TPSA) is 3.24 Å². The average Bonchev–Trinajstić information content (AvgIpc) is 2.28. The Morgan fingerprint density at radius 3 is 2.45 bits per heavy atom. The van der Waals surface area contributed by atoms with Crippen molar-refractivity contribution in [2.45, 2.75) is 43.9 Å². The van der Waals surface area contributed by atoms with Crippen molar-refractivity contribution in [3.8, 4) is 0 Å². The van der Waals surface area contributed by atoms with Gasteiger partial charge in [0.05, 0.1) is 0 Å². The summed E-state index contributed by atoms with van der Waals surface area (Å²) in [6, 6.07) is 5.17. The normalized spacial score (nSPS) is 16.6. The Balaban J connectivity index is 0.00000200. The molecule has 20 heavy (non-hydrogen) atoms. The molecule has 4 heteroatoms. The predicted molar refractivity (Wildman–Crippen MR) is 86.6 cm³/mol. The van der Waals surface area contributed by atoms with E-state index < -0.39 is 0 Å². The summed E-state index contributed by atoms with van der Waals surface area (Å²) in [6.07, 6.45) is 6.90. The molecular formula is C16H24Cl2FN. The highest BCUT2D eigenvalue weighted by Crippen LogP contribution is 2.48. The molecule has 1 aliphatic rings. The summed E-state index contributed by atoms with van der Waals surface area (Å²) >= 11 is 5.84. The smallest absolute Gasteiger partial charge is 0.128 e. The van der Waals surface area contributed by atoms with Crippen LogP contribution >= 0.6 is 24.0 Å². The van der Waals surface area contributed by atoms with Gasteiger partial charge in [-0.05, 0) is 69.4 Å². The summed E-state index contributed by atoms with van der Waals surface area (Å²) in [5.41, 5.74) is 0.967. The van der Waals surface area contributed by atoms with E-state index in [2.05, 4.69) is 19.0 Å². The molecule has 1 fully saturated rings. The quantitative estimate of drug-likeness (QED) is 0.663. The predicted octanol–water partition coefficient (Wildman–Crippen LogP) is 5.05. The van der Waals surface area contributed by atoms with Crippen LogP contribution in [0.2, 0.25) is 5.02 Å². The molecular weight excluding hydrogens is 296 g/mol. The van der Waals surface area contributed by atoms with E-state index in [4.69, 9.17) is 11.6 Å². The van der Waals surface area contributed by atoms with Gasteiger partial charge in [0.25, 0.3) is 0 Å². The van der Waals surface area contributed by atoms with Gasteiger partial charge in [-0.1, -0.05) is 30.5 Å². The molecule has 0 heterocycles. The minimum Gasteiger partial charge on any atom is -0.309 e. The number of benzene rings is 1. The van der Waals surface area contributed by atoms with Crippen LogP contribution in [0.1, 0.15) is 44.1 Å². The molecule has 0 unspecified atom stereocenters. The van der Waals surface area contributed by atoms with E-state index in [1.54, 1.807) is 0 Å². The highest BCUT2D eigenvalue weighted by molar-refractivity contribution is 6.30. The van der Waals surface area contributed by atoms with Gasteiger partial charge < -0.3 is 4.90 Å². The lowest BCUT2D eigenvalue weighted by atomic mass is 9.62. The molecule has 0 saturated heterocycles. The van der Waals surface area contributed by atoms with Crippen molar-refractivity contribution in [2.75, 3.05) is 20.6 Å². The summed E-state index contributed by atoms with van der Waals surface area (Å²) in [7, 11) is 4.19. The molecule has 1 aromatic rings. The number of nitrogens with zero attached hydrogens (tertiary/aromatic N) is 1. The van der Waals surface area contributed by atoms with Crippen molar-refractivity contribution >= 4 is 24.0 Å². The Bertz CT molecular complexity index is 430. The van der Waals surface area contributed by atoms with Gasteiger partial charge in [0.1, 0.15) is 5.82 Å². The van der Waals surface area contributed by atoms with Crippen LogP contribution in [0.5, 0.6) is 0 Å². The zero-order valence-corrected chi connectivity index (χ0v) is 13.9. The summed E-state index contributed by atoms with van der Waals surface area (Å²) < 4.78 is 14.1. The van der Waals surface area contributed by atoms with Crippen molar-refractivity contribution in [2.24, 2.45) is 0 Å². The first-order chi connectivity index (χ1) is 9.03. The van der Waals surface area contributed by atoms with Crippen LogP contribution in [0, 0.1) is 5.82 Å². The molecule has 0 aliphatic heterocycles. The SMILES string of the molecule is CN(C)CCCCC1(c2ccc(Cl)cc2F)CCC1.Cl. The third-order valence-electron chi connectivity index (χ3n) is 4.32. The van der Waals surface area contributed by atoms with Crippen LogP contribution in [-0.4, -0.2) is 25.5 Å². The Labute approximate surface area is 132 Å². The molecule has 0 N–H and O–H groups in total. The maximum atomic E-state index is 14.1. The minimum absolute atomic E-state index is 0. The van der Waals surface area contributed by atoms with Crippen LogP contribution in [0.4, 0.5) is 4.39 Å². The first-order valence-electron chi connectivity index (χ1n) is 7.14. The van der Waals surface area contributed by atoms with Gasteiger partial charge in [-0.25, -0.2) is 4.39 Å². The fourth-order valence-corrected chi connectivity index (χ4v) is 3.23. The van der Waals surface area contributed by atoms with Gasteiger partial charge in [0.15, 0.2) is 0 Å². The molecule has 1 nitrogen and oxygen atoms in total. The molecule has 1 aliphatic carbocycles. The zero-order chi connectivity index (χ0) is 13.9. The lowest BCUT2D eigenvalue weighted by molar-refractivity contribution is 0.209. The van der Waals surface area contributed by atoms with Gasteiger partial charge >= 0.3 is 0 Å². The number of hydrogen-bond donors (Lipinski definition) is 0. The van der Waals surface area contributed by atoms with Crippen LogP contribution in [0.3, 0.4) is 0 Å². The molecule has 0 amide bonds. The van der Waals surface area contributed by atoms with Crippen molar-refractivity contribution in [1.82, 2.24) is 4.90 Å². The van der Waals surface area contributed by atoms with E-state index in [1.165, 1.54) is 25.3 Å². The lowest BCUT2D eigenvalue weighted by Gasteiger charge is -2.43. The van der Waals surface area contributed by atoms with Crippen molar-refractivity contribution in [3.63, 3.8) is 0 Å². The molecule has 0 aromatic heterocycles. The van der Waals surface area contributed by atoms with E-state index >= 15 is 0 Å². The van der Waals surface area contributed by atoms with Crippen LogP contribution in [0.15, 0.2) is 18.2 Å². The first-order valence-corrected chi connectivity index (χ1v) is 7.52. The van der Waals surface area contributed by atoms with Crippen LogP contribution < -0.4 is 0 Å². The summed E-state index contributed by atoms with van der Waals surface area (Å²) in [5, 5.41) is 0.489. The Morgan fingerprint density at radius 1 is 1.25 bits per heavy atom. The van der Waals surface area contributed by atoms with E-state index in [1.807, 2.05) is 12.1 Å². The highest BCUT2D eigenvalue weighted by atomic mass is 35.5. The average molecular weight is 320 g/mol. The molecule has 114 valence electrons. The summed E-state index contributed by atoms with van der Waals surface area (Å²) in [5.74, 6) is -0.125. The molecule has 1 aromatic carbocycles. The first kappa shape index (κ1) is 17.7. The Kier molecular flexibility index (Phi) is 6.77. The molecule has 0 spiro atoms. The Morgan fingerprint density at radius 2 is 1.95 bits per heavy atom.